The van der Waals surface area contributed by atoms with E-state index in [9.17, 15) is 13.7 Å². The molecule has 3 aromatic rings. The molecule has 5 nitrogen and oxygen atoms in total. The van der Waals surface area contributed by atoms with Gasteiger partial charge in [0.1, 0.15) is 5.75 Å². The summed E-state index contributed by atoms with van der Waals surface area (Å²) in [5.41, 5.74) is 2.14. The molecule has 0 bridgehead atoms. The van der Waals surface area contributed by atoms with Crippen molar-refractivity contribution in [2.24, 2.45) is 0 Å². The average Bonchev–Trinajstić information content (AvgIpc) is 2.78. The summed E-state index contributed by atoms with van der Waals surface area (Å²) < 4.78 is 34.1. The van der Waals surface area contributed by atoms with Gasteiger partial charge in [-0.2, -0.15) is 9.57 Å². The first-order chi connectivity index (χ1) is 14.5. The Morgan fingerprint density at radius 1 is 1.00 bits per heavy atom. The molecule has 0 aliphatic heterocycles. The van der Waals surface area contributed by atoms with Gasteiger partial charge in [0, 0.05) is 12.6 Å². The fourth-order valence-corrected chi connectivity index (χ4v) is 5.06. The van der Waals surface area contributed by atoms with Crippen molar-refractivity contribution < 1.29 is 13.2 Å². The van der Waals surface area contributed by atoms with Crippen molar-refractivity contribution in [2.75, 3.05) is 7.11 Å². The maximum Gasteiger partial charge on any atom is 0.243 e. The van der Waals surface area contributed by atoms with E-state index in [4.69, 9.17) is 4.74 Å². The van der Waals surface area contributed by atoms with Crippen molar-refractivity contribution in [1.82, 2.24) is 4.31 Å². The van der Waals surface area contributed by atoms with Gasteiger partial charge >= 0.3 is 0 Å². The van der Waals surface area contributed by atoms with Crippen LogP contribution in [0.25, 0.3) is 0 Å². The molecule has 30 heavy (non-hydrogen) atoms. The summed E-state index contributed by atoms with van der Waals surface area (Å²) in [4.78, 5) is 0.115. The number of methoxy groups -OCH3 is 1. The molecule has 1 unspecified atom stereocenters. The molecule has 0 saturated carbocycles. The monoisotopic (exact) mass is 420 g/mol. The molecule has 0 N–H and O–H groups in total. The Labute approximate surface area is 178 Å². The molecule has 1 atom stereocenters. The molecule has 0 aliphatic carbocycles. The van der Waals surface area contributed by atoms with E-state index in [0.717, 1.165) is 16.9 Å². The molecule has 0 radical (unpaired) electrons. The summed E-state index contributed by atoms with van der Waals surface area (Å²) in [7, 11) is -2.22. The molecule has 0 aromatic heterocycles. The highest BCUT2D eigenvalue weighted by atomic mass is 32.2. The lowest BCUT2D eigenvalue weighted by Crippen LogP contribution is -2.39. The standard InChI is InChI=1S/C24H24N2O3S/c1-19(15-22-12-6-7-14-24(22)29-2)26(18-20-9-4-3-5-10-20)30(27,28)23-13-8-11-21(16-23)17-25/h3-14,16,19H,15,18H2,1-2H3. The molecule has 0 heterocycles. The predicted octanol–water partition coefficient (Wildman–Crippen LogP) is 4.39. The Morgan fingerprint density at radius 3 is 2.40 bits per heavy atom. The van der Waals surface area contributed by atoms with Crippen LogP contribution in [0, 0.1) is 11.3 Å². The van der Waals surface area contributed by atoms with Gasteiger partial charge in [-0.1, -0.05) is 54.6 Å². The number of ether oxygens (including phenoxy) is 1. The van der Waals surface area contributed by atoms with E-state index in [0.29, 0.717) is 12.0 Å². The topological polar surface area (TPSA) is 70.4 Å². The molecule has 0 spiro atoms. The van der Waals surface area contributed by atoms with Crippen LogP contribution in [-0.4, -0.2) is 25.9 Å². The number of hydrogen-bond acceptors (Lipinski definition) is 4. The quantitative estimate of drug-likeness (QED) is 0.542. The van der Waals surface area contributed by atoms with Gasteiger partial charge in [0.25, 0.3) is 0 Å². The molecule has 0 aliphatic rings. The van der Waals surface area contributed by atoms with E-state index >= 15 is 0 Å². The molecule has 0 saturated heterocycles. The van der Waals surface area contributed by atoms with Gasteiger partial charge in [-0.25, -0.2) is 8.42 Å². The zero-order valence-corrected chi connectivity index (χ0v) is 17.8. The minimum atomic E-state index is -3.83. The highest BCUT2D eigenvalue weighted by Gasteiger charge is 2.30. The van der Waals surface area contributed by atoms with Crippen LogP contribution in [0.15, 0.2) is 83.8 Å². The van der Waals surface area contributed by atoms with Crippen molar-refractivity contribution >= 4 is 10.0 Å². The summed E-state index contributed by atoms with van der Waals surface area (Å²) in [6.45, 7) is 2.12. The van der Waals surface area contributed by atoms with Crippen molar-refractivity contribution in [3.63, 3.8) is 0 Å². The normalized spacial score (nSPS) is 12.3. The van der Waals surface area contributed by atoms with Gasteiger partial charge in [0.15, 0.2) is 0 Å². The van der Waals surface area contributed by atoms with Gasteiger partial charge in [0.05, 0.1) is 23.6 Å². The van der Waals surface area contributed by atoms with Gasteiger partial charge < -0.3 is 4.74 Å². The van der Waals surface area contributed by atoms with Crippen LogP contribution in [0.3, 0.4) is 0 Å². The van der Waals surface area contributed by atoms with Crippen LogP contribution < -0.4 is 4.74 Å². The lowest BCUT2D eigenvalue weighted by atomic mass is 10.1. The first-order valence-electron chi connectivity index (χ1n) is 9.63. The maximum absolute atomic E-state index is 13.6. The summed E-state index contributed by atoms with van der Waals surface area (Å²) in [6.07, 6.45) is 0.494. The second-order valence-electron chi connectivity index (χ2n) is 7.04. The molecule has 0 fully saturated rings. The van der Waals surface area contributed by atoms with Crippen LogP contribution in [0.2, 0.25) is 0 Å². The highest BCUT2D eigenvalue weighted by Crippen LogP contribution is 2.26. The fraction of sp³-hybridized carbons (Fsp3) is 0.208. The third kappa shape index (κ3) is 4.88. The van der Waals surface area contributed by atoms with E-state index in [1.807, 2.05) is 67.6 Å². The summed E-state index contributed by atoms with van der Waals surface area (Å²) in [5, 5.41) is 9.19. The third-order valence-corrected chi connectivity index (χ3v) is 6.91. The van der Waals surface area contributed by atoms with Crippen molar-refractivity contribution in [3.8, 4) is 11.8 Å². The number of sulfonamides is 1. The lowest BCUT2D eigenvalue weighted by Gasteiger charge is -2.29. The van der Waals surface area contributed by atoms with Crippen LogP contribution in [0.1, 0.15) is 23.6 Å². The Bertz CT molecular complexity index is 1140. The third-order valence-electron chi connectivity index (χ3n) is 4.95. The molecular weight excluding hydrogens is 396 g/mol. The van der Waals surface area contributed by atoms with Crippen molar-refractivity contribution in [2.45, 2.75) is 30.8 Å². The smallest absolute Gasteiger partial charge is 0.243 e. The number of benzene rings is 3. The fourth-order valence-electron chi connectivity index (χ4n) is 3.39. The number of rotatable bonds is 8. The van der Waals surface area contributed by atoms with Crippen LogP contribution in [0.4, 0.5) is 0 Å². The Hall–Kier alpha value is -3.14. The van der Waals surface area contributed by atoms with E-state index in [-0.39, 0.29) is 17.5 Å². The highest BCUT2D eigenvalue weighted by molar-refractivity contribution is 7.89. The van der Waals surface area contributed by atoms with Crippen LogP contribution in [-0.2, 0) is 23.0 Å². The van der Waals surface area contributed by atoms with E-state index in [2.05, 4.69) is 0 Å². The lowest BCUT2D eigenvalue weighted by molar-refractivity contribution is 0.323. The zero-order chi connectivity index (χ0) is 21.6. The minimum Gasteiger partial charge on any atom is -0.496 e. The Kier molecular flexibility index (Phi) is 6.88. The van der Waals surface area contributed by atoms with E-state index in [1.54, 1.807) is 19.2 Å². The number of nitrogens with zero attached hydrogens (tertiary/aromatic N) is 2. The second kappa shape index (κ2) is 9.57. The zero-order valence-electron chi connectivity index (χ0n) is 17.0. The van der Waals surface area contributed by atoms with E-state index < -0.39 is 10.0 Å². The average molecular weight is 421 g/mol. The molecule has 6 heteroatoms. The van der Waals surface area contributed by atoms with Crippen molar-refractivity contribution in [1.29, 1.82) is 5.26 Å². The number of para-hydroxylation sites is 1. The van der Waals surface area contributed by atoms with Crippen LogP contribution in [0.5, 0.6) is 5.75 Å². The SMILES string of the molecule is COc1ccccc1CC(C)N(Cc1ccccc1)S(=O)(=O)c1cccc(C#N)c1. The van der Waals surface area contributed by atoms with Crippen LogP contribution >= 0.6 is 0 Å². The van der Waals surface area contributed by atoms with Gasteiger partial charge in [0.2, 0.25) is 10.0 Å². The summed E-state index contributed by atoms with van der Waals surface area (Å²) in [5.74, 6) is 0.730. The first kappa shape index (κ1) is 21.6. The first-order valence-corrected chi connectivity index (χ1v) is 11.1. The van der Waals surface area contributed by atoms with E-state index in [1.165, 1.54) is 16.4 Å². The predicted molar refractivity (Wildman–Crippen MR) is 116 cm³/mol. The largest absolute Gasteiger partial charge is 0.496 e. The molecule has 0 amide bonds. The number of nitriles is 1. The molecular formula is C24H24N2O3S. The second-order valence-corrected chi connectivity index (χ2v) is 8.93. The minimum absolute atomic E-state index is 0.115. The number of hydrogen-bond donors (Lipinski definition) is 0. The summed E-state index contributed by atoms with van der Waals surface area (Å²) in [6, 6.07) is 24.9. The Morgan fingerprint density at radius 2 is 1.70 bits per heavy atom. The van der Waals surface area contributed by atoms with Gasteiger partial charge in [-0.3, -0.25) is 0 Å². The Balaban J connectivity index is 2.00. The van der Waals surface area contributed by atoms with Gasteiger partial charge in [-0.05, 0) is 48.7 Å². The molecule has 3 rings (SSSR count). The van der Waals surface area contributed by atoms with Gasteiger partial charge in [-0.15, -0.1) is 0 Å². The van der Waals surface area contributed by atoms with Crippen molar-refractivity contribution in [3.05, 3.63) is 95.6 Å². The molecule has 3 aromatic carbocycles. The molecule has 154 valence electrons. The maximum atomic E-state index is 13.6. The summed E-state index contributed by atoms with van der Waals surface area (Å²) >= 11 is 0.